The summed E-state index contributed by atoms with van der Waals surface area (Å²) in [6, 6.07) is 3.50. The molecule has 2 heterocycles. The Hall–Kier alpha value is -1.66. The summed E-state index contributed by atoms with van der Waals surface area (Å²) in [5, 5.41) is 12.1. The number of aliphatic hydroxyl groups excluding tert-OH is 1. The van der Waals surface area contributed by atoms with Gasteiger partial charge in [0, 0.05) is 25.5 Å². The van der Waals surface area contributed by atoms with Crippen LogP contribution in [0.5, 0.6) is 0 Å². The number of carbonyl (C=O) groups is 1. The number of aliphatic hydroxyl groups is 1. The number of pyridine rings is 1. The lowest BCUT2D eigenvalue weighted by molar-refractivity contribution is -0.0668. The van der Waals surface area contributed by atoms with Crippen molar-refractivity contribution < 1.29 is 14.6 Å². The summed E-state index contributed by atoms with van der Waals surface area (Å²) in [4.78, 5) is 18.3. The summed E-state index contributed by atoms with van der Waals surface area (Å²) < 4.78 is 5.42. The van der Waals surface area contributed by atoms with Crippen LogP contribution in [-0.2, 0) is 4.74 Å². The summed E-state index contributed by atoms with van der Waals surface area (Å²) in [5.74, 6) is -0.133. The molecule has 0 saturated carbocycles. The van der Waals surface area contributed by atoms with Gasteiger partial charge in [0.1, 0.15) is 5.69 Å². The highest BCUT2D eigenvalue weighted by atomic mass is 16.5. The Morgan fingerprint density at radius 2 is 2.47 bits per heavy atom. The highest BCUT2D eigenvalue weighted by Gasteiger charge is 2.30. The molecule has 0 spiro atoms. The summed E-state index contributed by atoms with van der Waals surface area (Å²) in [5.41, 5.74) is 1.25. The van der Waals surface area contributed by atoms with Gasteiger partial charge in [0.15, 0.2) is 0 Å². The minimum Gasteiger partial charge on any atom is -0.394 e. The zero-order valence-corrected chi connectivity index (χ0v) is 11.2. The van der Waals surface area contributed by atoms with Crippen LogP contribution in [0.3, 0.4) is 0 Å². The Labute approximate surface area is 112 Å². The molecule has 2 unspecified atom stereocenters. The molecule has 0 aromatic carbocycles. The number of morpholine rings is 1. The van der Waals surface area contributed by atoms with Crippen molar-refractivity contribution >= 4 is 11.6 Å². The molecule has 1 aliphatic rings. The van der Waals surface area contributed by atoms with E-state index in [0.717, 1.165) is 5.69 Å². The average Bonchev–Trinajstić information content (AvgIpc) is 2.47. The van der Waals surface area contributed by atoms with Crippen LogP contribution in [-0.4, -0.2) is 59.8 Å². The number of hydrogen-bond acceptors (Lipinski definition) is 5. The molecule has 6 heteroatoms. The van der Waals surface area contributed by atoms with Gasteiger partial charge in [-0.2, -0.15) is 0 Å². The number of anilines is 1. The zero-order valence-electron chi connectivity index (χ0n) is 11.2. The van der Waals surface area contributed by atoms with Crippen LogP contribution >= 0.6 is 0 Å². The molecule has 1 fully saturated rings. The zero-order chi connectivity index (χ0) is 13.8. The van der Waals surface area contributed by atoms with Gasteiger partial charge in [-0.1, -0.05) is 0 Å². The lowest BCUT2D eigenvalue weighted by atomic mass is 10.1. The maximum atomic E-state index is 12.4. The van der Waals surface area contributed by atoms with Crippen LogP contribution in [0.4, 0.5) is 5.69 Å². The van der Waals surface area contributed by atoms with Gasteiger partial charge in [-0.15, -0.1) is 0 Å². The maximum Gasteiger partial charge on any atom is 0.272 e. The largest absolute Gasteiger partial charge is 0.394 e. The quantitative estimate of drug-likeness (QED) is 0.824. The van der Waals surface area contributed by atoms with E-state index in [0.29, 0.717) is 18.8 Å². The summed E-state index contributed by atoms with van der Waals surface area (Å²) in [6.07, 6.45) is 1.29. The molecule has 1 amide bonds. The first-order valence-electron chi connectivity index (χ1n) is 6.33. The van der Waals surface area contributed by atoms with E-state index in [2.05, 4.69) is 10.3 Å². The van der Waals surface area contributed by atoms with Crippen LogP contribution in [0.1, 0.15) is 17.4 Å². The third-order valence-electron chi connectivity index (χ3n) is 3.24. The van der Waals surface area contributed by atoms with E-state index >= 15 is 0 Å². The van der Waals surface area contributed by atoms with Crippen LogP contribution in [0.15, 0.2) is 18.3 Å². The molecule has 0 bridgehead atoms. The summed E-state index contributed by atoms with van der Waals surface area (Å²) in [6.45, 7) is 2.67. The standard InChI is InChI=1S/C13H19N3O3/c1-9-8-19-11(7-17)6-16(9)13(18)12-5-10(14-2)3-4-15-12/h3-5,9,11,17H,6-8H2,1-2H3,(H,14,15). The van der Waals surface area contributed by atoms with Gasteiger partial charge < -0.3 is 20.1 Å². The van der Waals surface area contributed by atoms with Crippen LogP contribution in [0.25, 0.3) is 0 Å². The van der Waals surface area contributed by atoms with Crippen LogP contribution < -0.4 is 5.32 Å². The normalized spacial score (nSPS) is 23.2. The van der Waals surface area contributed by atoms with E-state index < -0.39 is 0 Å². The smallest absolute Gasteiger partial charge is 0.272 e. The van der Waals surface area contributed by atoms with Gasteiger partial charge >= 0.3 is 0 Å². The van der Waals surface area contributed by atoms with Crippen molar-refractivity contribution in [3.63, 3.8) is 0 Å². The van der Waals surface area contributed by atoms with E-state index in [-0.39, 0.29) is 24.7 Å². The predicted molar refractivity (Wildman–Crippen MR) is 71.1 cm³/mol. The fourth-order valence-corrected chi connectivity index (χ4v) is 2.06. The highest BCUT2D eigenvalue weighted by molar-refractivity contribution is 5.93. The molecule has 1 aliphatic heterocycles. The topological polar surface area (TPSA) is 74.7 Å². The molecule has 19 heavy (non-hydrogen) atoms. The van der Waals surface area contributed by atoms with Gasteiger partial charge in [-0.3, -0.25) is 9.78 Å². The third-order valence-corrected chi connectivity index (χ3v) is 3.24. The van der Waals surface area contributed by atoms with E-state index in [9.17, 15) is 4.79 Å². The minimum atomic E-state index is -0.312. The number of aromatic nitrogens is 1. The summed E-state index contributed by atoms with van der Waals surface area (Å²) in [7, 11) is 1.79. The molecule has 2 N–H and O–H groups in total. The molecule has 1 saturated heterocycles. The second-order valence-corrected chi connectivity index (χ2v) is 4.62. The first kappa shape index (κ1) is 13.8. The van der Waals surface area contributed by atoms with Crippen molar-refractivity contribution in [1.82, 2.24) is 9.88 Å². The van der Waals surface area contributed by atoms with Gasteiger partial charge in [0.25, 0.3) is 5.91 Å². The van der Waals surface area contributed by atoms with E-state index in [1.807, 2.05) is 6.92 Å². The Morgan fingerprint density at radius 1 is 1.68 bits per heavy atom. The number of hydrogen-bond donors (Lipinski definition) is 2. The molecular formula is C13H19N3O3. The van der Waals surface area contributed by atoms with E-state index in [1.165, 1.54) is 0 Å². The van der Waals surface area contributed by atoms with E-state index in [4.69, 9.17) is 9.84 Å². The molecule has 0 aliphatic carbocycles. The van der Waals surface area contributed by atoms with Gasteiger partial charge in [-0.25, -0.2) is 0 Å². The first-order chi connectivity index (χ1) is 9.15. The Bertz CT molecular complexity index is 453. The molecule has 104 valence electrons. The van der Waals surface area contributed by atoms with Crippen molar-refractivity contribution in [1.29, 1.82) is 0 Å². The SMILES string of the molecule is CNc1ccnc(C(=O)N2CC(CO)OCC2C)c1. The number of rotatable bonds is 3. The highest BCUT2D eigenvalue weighted by Crippen LogP contribution is 2.16. The van der Waals surface area contributed by atoms with Crippen molar-refractivity contribution in [2.75, 3.05) is 32.1 Å². The molecule has 2 atom stereocenters. The molecular weight excluding hydrogens is 246 g/mol. The molecule has 2 rings (SSSR count). The fourth-order valence-electron chi connectivity index (χ4n) is 2.06. The molecule has 6 nitrogen and oxygen atoms in total. The Kier molecular flexibility index (Phi) is 4.34. The van der Waals surface area contributed by atoms with Crippen molar-refractivity contribution in [2.24, 2.45) is 0 Å². The second kappa shape index (κ2) is 5.99. The number of carbonyl (C=O) groups excluding carboxylic acids is 1. The van der Waals surface area contributed by atoms with Crippen LogP contribution in [0, 0.1) is 0 Å². The fraction of sp³-hybridized carbons (Fsp3) is 0.538. The number of nitrogens with one attached hydrogen (secondary N) is 1. The average molecular weight is 265 g/mol. The molecule has 1 aromatic rings. The van der Waals surface area contributed by atoms with Crippen molar-refractivity contribution in [2.45, 2.75) is 19.1 Å². The number of nitrogens with zero attached hydrogens (tertiary/aromatic N) is 2. The second-order valence-electron chi connectivity index (χ2n) is 4.62. The lowest BCUT2D eigenvalue weighted by Gasteiger charge is -2.37. The molecule has 0 radical (unpaired) electrons. The van der Waals surface area contributed by atoms with E-state index in [1.54, 1.807) is 30.3 Å². The lowest BCUT2D eigenvalue weighted by Crippen LogP contribution is -2.52. The number of amides is 1. The van der Waals surface area contributed by atoms with Gasteiger partial charge in [0.2, 0.25) is 0 Å². The monoisotopic (exact) mass is 265 g/mol. The van der Waals surface area contributed by atoms with Gasteiger partial charge in [0.05, 0.1) is 25.4 Å². The Balaban J connectivity index is 2.16. The van der Waals surface area contributed by atoms with Crippen molar-refractivity contribution in [3.8, 4) is 0 Å². The maximum absolute atomic E-state index is 12.4. The van der Waals surface area contributed by atoms with Crippen molar-refractivity contribution in [3.05, 3.63) is 24.0 Å². The number of ether oxygens (including phenoxy) is 1. The first-order valence-corrected chi connectivity index (χ1v) is 6.33. The Morgan fingerprint density at radius 3 is 3.16 bits per heavy atom. The van der Waals surface area contributed by atoms with Gasteiger partial charge in [-0.05, 0) is 19.1 Å². The predicted octanol–water partition coefficient (Wildman–Crippen LogP) is 0.345. The minimum absolute atomic E-state index is 0.0182. The third kappa shape index (κ3) is 3.02. The molecule has 1 aromatic heterocycles. The summed E-state index contributed by atoms with van der Waals surface area (Å²) >= 11 is 0. The van der Waals surface area contributed by atoms with Crippen LogP contribution in [0.2, 0.25) is 0 Å².